The van der Waals surface area contributed by atoms with Crippen molar-refractivity contribution in [2.75, 3.05) is 5.73 Å². The van der Waals surface area contributed by atoms with Gasteiger partial charge in [0.2, 0.25) is 5.28 Å². The van der Waals surface area contributed by atoms with Crippen LogP contribution in [-0.4, -0.2) is 48.2 Å². The fourth-order valence-corrected chi connectivity index (χ4v) is 2.45. The summed E-state index contributed by atoms with van der Waals surface area (Å²) >= 11 is 5.77. The van der Waals surface area contributed by atoms with Gasteiger partial charge in [-0.05, 0) is 11.6 Å². The fourth-order valence-electron chi connectivity index (χ4n) is 2.28. The number of nitrogen functional groups attached to an aromatic ring is 1. The molecule has 0 aliphatic carbocycles. The molecule has 2 aromatic rings. The predicted octanol–water partition coefficient (Wildman–Crippen LogP) is -1.01. The zero-order chi connectivity index (χ0) is 14.4. The molecule has 6 N–H and O–H groups in total. The first-order valence-electron chi connectivity index (χ1n) is 5.90. The highest BCUT2D eigenvalue weighted by Crippen LogP contribution is 2.32. The summed E-state index contributed by atoms with van der Waals surface area (Å²) in [5.74, 6) is 0.160. The van der Waals surface area contributed by atoms with Crippen LogP contribution in [0.2, 0.25) is 5.28 Å². The van der Waals surface area contributed by atoms with Crippen LogP contribution >= 0.6 is 11.6 Å². The van der Waals surface area contributed by atoms with E-state index in [1.165, 1.54) is 6.33 Å². The minimum absolute atomic E-state index is 0.00861. The van der Waals surface area contributed by atoms with E-state index in [-0.39, 0.29) is 17.5 Å². The molecular formula is C10H13ClN6O3. The van der Waals surface area contributed by atoms with Crippen molar-refractivity contribution in [3.8, 4) is 0 Å². The molecular weight excluding hydrogens is 288 g/mol. The standard InChI is InChI=1S/C10H13ClN6O3/c11-10-15-7(12)5-9(16-10)17(2-14-5)4-1-3(18)6(20-4)8(13)19/h2-4,6,8,18-19H,1,13H2,(H2,12,15,16)/t3-,4+,6-,8?/m0/s1. The van der Waals surface area contributed by atoms with Gasteiger partial charge in [-0.2, -0.15) is 9.97 Å². The molecule has 1 fully saturated rings. The number of fused-ring (bicyclic) bond motifs is 1. The van der Waals surface area contributed by atoms with Crippen molar-refractivity contribution in [3.63, 3.8) is 0 Å². The van der Waals surface area contributed by atoms with Gasteiger partial charge in [0.15, 0.2) is 11.5 Å². The maximum absolute atomic E-state index is 9.83. The summed E-state index contributed by atoms with van der Waals surface area (Å²) in [5, 5.41) is 19.2. The third kappa shape index (κ3) is 2.09. The average Bonchev–Trinajstić information content (AvgIpc) is 2.92. The lowest BCUT2D eigenvalue weighted by Crippen LogP contribution is -2.40. The van der Waals surface area contributed by atoms with Crippen molar-refractivity contribution < 1.29 is 14.9 Å². The molecule has 1 unspecified atom stereocenters. The third-order valence-corrected chi connectivity index (χ3v) is 3.37. The Balaban J connectivity index is 2.00. The summed E-state index contributed by atoms with van der Waals surface area (Å²) in [5.41, 5.74) is 11.8. The van der Waals surface area contributed by atoms with Crippen molar-refractivity contribution in [2.24, 2.45) is 5.73 Å². The van der Waals surface area contributed by atoms with Crippen LogP contribution < -0.4 is 11.5 Å². The number of halogens is 1. The fraction of sp³-hybridized carbons (Fsp3) is 0.500. The van der Waals surface area contributed by atoms with E-state index in [0.29, 0.717) is 11.2 Å². The maximum atomic E-state index is 9.83. The molecule has 9 nitrogen and oxygen atoms in total. The quantitative estimate of drug-likeness (QED) is 0.407. The van der Waals surface area contributed by atoms with Gasteiger partial charge in [-0.15, -0.1) is 0 Å². The Kier molecular flexibility index (Phi) is 3.22. The van der Waals surface area contributed by atoms with Crippen LogP contribution in [-0.2, 0) is 4.74 Å². The van der Waals surface area contributed by atoms with E-state index >= 15 is 0 Å². The smallest absolute Gasteiger partial charge is 0.226 e. The monoisotopic (exact) mass is 300 g/mol. The topological polar surface area (TPSA) is 145 Å². The van der Waals surface area contributed by atoms with Gasteiger partial charge in [0.05, 0.1) is 12.4 Å². The first-order chi connectivity index (χ1) is 9.47. The van der Waals surface area contributed by atoms with Crippen LogP contribution in [0.25, 0.3) is 11.2 Å². The molecule has 3 heterocycles. The number of ether oxygens (including phenoxy) is 1. The lowest BCUT2D eigenvalue weighted by Gasteiger charge is -2.17. The molecule has 108 valence electrons. The molecule has 20 heavy (non-hydrogen) atoms. The number of aliphatic hydroxyl groups excluding tert-OH is 2. The molecule has 0 radical (unpaired) electrons. The minimum Gasteiger partial charge on any atom is -0.390 e. The van der Waals surface area contributed by atoms with E-state index in [9.17, 15) is 10.2 Å². The van der Waals surface area contributed by atoms with Crippen molar-refractivity contribution in [1.29, 1.82) is 0 Å². The van der Waals surface area contributed by atoms with Crippen molar-refractivity contribution in [3.05, 3.63) is 11.6 Å². The second-order valence-corrected chi connectivity index (χ2v) is 4.89. The number of rotatable bonds is 2. The highest BCUT2D eigenvalue weighted by molar-refractivity contribution is 6.28. The summed E-state index contributed by atoms with van der Waals surface area (Å²) in [7, 11) is 0. The van der Waals surface area contributed by atoms with E-state index in [2.05, 4.69) is 15.0 Å². The molecule has 10 heteroatoms. The number of hydrogen-bond acceptors (Lipinski definition) is 8. The molecule has 0 saturated carbocycles. The Morgan fingerprint density at radius 2 is 2.25 bits per heavy atom. The molecule has 0 aromatic carbocycles. The zero-order valence-electron chi connectivity index (χ0n) is 10.2. The van der Waals surface area contributed by atoms with Crippen molar-refractivity contribution in [2.45, 2.75) is 31.1 Å². The number of aromatic nitrogens is 4. The van der Waals surface area contributed by atoms with Gasteiger partial charge >= 0.3 is 0 Å². The number of nitrogens with two attached hydrogens (primary N) is 2. The Labute approximate surface area is 118 Å². The highest BCUT2D eigenvalue weighted by atomic mass is 35.5. The molecule has 4 atom stereocenters. The highest BCUT2D eigenvalue weighted by Gasteiger charge is 2.38. The molecule has 3 rings (SSSR count). The Morgan fingerprint density at radius 1 is 1.50 bits per heavy atom. The van der Waals surface area contributed by atoms with Gasteiger partial charge in [-0.1, -0.05) is 0 Å². The van der Waals surface area contributed by atoms with E-state index < -0.39 is 24.7 Å². The van der Waals surface area contributed by atoms with Gasteiger partial charge < -0.3 is 26.4 Å². The molecule has 1 aliphatic heterocycles. The SMILES string of the molecule is Nc1nc(Cl)nc2c1ncn2[C@H]1C[C@H](O)[C@@H](C(N)O)O1. The summed E-state index contributed by atoms with van der Waals surface area (Å²) in [6.45, 7) is 0. The molecule has 2 aromatic heterocycles. The summed E-state index contributed by atoms with van der Waals surface area (Å²) in [6, 6.07) is 0. The largest absolute Gasteiger partial charge is 0.390 e. The van der Waals surface area contributed by atoms with Crippen LogP contribution in [0, 0.1) is 0 Å². The summed E-state index contributed by atoms with van der Waals surface area (Å²) in [6.07, 6.45) is -1.88. The predicted molar refractivity (Wildman–Crippen MR) is 69.5 cm³/mol. The Hall–Kier alpha value is -1.52. The van der Waals surface area contributed by atoms with Gasteiger partial charge in [0, 0.05) is 6.42 Å². The van der Waals surface area contributed by atoms with E-state index in [1.54, 1.807) is 4.57 Å². The number of hydrogen-bond donors (Lipinski definition) is 4. The summed E-state index contributed by atoms with van der Waals surface area (Å²) < 4.78 is 7.10. The van der Waals surface area contributed by atoms with Crippen LogP contribution in [0.15, 0.2) is 6.33 Å². The van der Waals surface area contributed by atoms with Crippen LogP contribution in [0.1, 0.15) is 12.6 Å². The zero-order valence-corrected chi connectivity index (χ0v) is 11.0. The molecule has 1 saturated heterocycles. The molecule has 0 spiro atoms. The molecule has 1 aliphatic rings. The van der Waals surface area contributed by atoms with Crippen LogP contribution in [0.3, 0.4) is 0 Å². The van der Waals surface area contributed by atoms with Gasteiger partial charge in [0.1, 0.15) is 24.1 Å². The lowest BCUT2D eigenvalue weighted by molar-refractivity contribution is -0.0790. The maximum Gasteiger partial charge on any atom is 0.226 e. The molecule has 0 bridgehead atoms. The minimum atomic E-state index is -1.27. The Bertz CT molecular complexity index is 647. The number of nitrogens with zero attached hydrogens (tertiary/aromatic N) is 4. The number of imidazole rings is 1. The second kappa shape index (κ2) is 4.79. The number of anilines is 1. The van der Waals surface area contributed by atoms with Crippen molar-refractivity contribution >= 4 is 28.6 Å². The van der Waals surface area contributed by atoms with Crippen molar-refractivity contribution in [1.82, 2.24) is 19.5 Å². The Morgan fingerprint density at radius 3 is 2.90 bits per heavy atom. The van der Waals surface area contributed by atoms with E-state index in [4.69, 9.17) is 27.8 Å². The lowest BCUT2D eigenvalue weighted by atomic mass is 10.1. The second-order valence-electron chi connectivity index (χ2n) is 4.55. The van der Waals surface area contributed by atoms with E-state index in [0.717, 1.165) is 0 Å². The normalized spacial score (nSPS) is 28.1. The van der Waals surface area contributed by atoms with Gasteiger partial charge in [0.25, 0.3) is 0 Å². The average molecular weight is 301 g/mol. The van der Waals surface area contributed by atoms with Crippen LogP contribution in [0.5, 0.6) is 0 Å². The van der Waals surface area contributed by atoms with Gasteiger partial charge in [-0.3, -0.25) is 4.57 Å². The first-order valence-corrected chi connectivity index (χ1v) is 6.28. The molecule has 0 amide bonds. The van der Waals surface area contributed by atoms with E-state index in [1.807, 2.05) is 0 Å². The van der Waals surface area contributed by atoms with Crippen LogP contribution in [0.4, 0.5) is 5.82 Å². The first kappa shape index (κ1) is 13.5. The van der Waals surface area contributed by atoms with Gasteiger partial charge in [-0.25, -0.2) is 4.98 Å². The summed E-state index contributed by atoms with van der Waals surface area (Å²) in [4.78, 5) is 12.0. The third-order valence-electron chi connectivity index (χ3n) is 3.20. The number of aliphatic hydroxyl groups is 2.